The molecule has 2 rings (SSSR count). The maximum atomic E-state index is 3.40. The van der Waals surface area contributed by atoms with E-state index < -0.39 is 0 Å². The first-order valence-corrected chi connectivity index (χ1v) is 4.53. The van der Waals surface area contributed by atoms with Crippen LogP contribution in [0.25, 0.3) is 0 Å². The Kier molecular flexibility index (Phi) is 2.93. The molecule has 1 N–H and O–H groups in total. The minimum atomic E-state index is 0. The van der Waals surface area contributed by atoms with Crippen molar-refractivity contribution in [1.29, 1.82) is 0 Å². The van der Waals surface area contributed by atoms with E-state index >= 15 is 0 Å². The highest BCUT2D eigenvalue weighted by molar-refractivity contribution is 7.10. The Hall–Kier alpha value is -0.0500. The molecular weight excluding hydrogens is 178 g/mol. The summed E-state index contributed by atoms with van der Waals surface area (Å²) in [5.41, 5.74) is 1.45. The van der Waals surface area contributed by atoms with Gasteiger partial charge < -0.3 is 5.32 Å². The number of hydrogen-bond donors (Lipinski definition) is 1. The number of aryl methyl sites for hydroxylation is 1. The lowest BCUT2D eigenvalue weighted by Crippen LogP contribution is -2.34. The number of rotatable bonds is 1. The molecule has 2 heterocycles. The van der Waals surface area contributed by atoms with Gasteiger partial charge in [-0.05, 0) is 36.9 Å². The van der Waals surface area contributed by atoms with Gasteiger partial charge in [0, 0.05) is 10.9 Å². The molecule has 62 valence electrons. The quantitative estimate of drug-likeness (QED) is 0.716. The van der Waals surface area contributed by atoms with E-state index in [1.165, 1.54) is 23.4 Å². The van der Waals surface area contributed by atoms with Crippen molar-refractivity contribution in [3.63, 3.8) is 0 Å². The lowest BCUT2D eigenvalue weighted by Gasteiger charge is -2.27. The standard InChI is InChI=1S/C8H11NS.ClH/c1-6-3-5-10-8(6)7-2-4-9-7;/h3,5,7,9H,2,4H2,1H3;1H/t7-;/m0./s1. The molecule has 0 unspecified atom stereocenters. The summed E-state index contributed by atoms with van der Waals surface area (Å²) in [6.45, 7) is 3.38. The van der Waals surface area contributed by atoms with E-state index in [9.17, 15) is 0 Å². The molecule has 0 bridgehead atoms. The van der Waals surface area contributed by atoms with Crippen LogP contribution in [0.4, 0.5) is 0 Å². The number of hydrogen-bond acceptors (Lipinski definition) is 2. The van der Waals surface area contributed by atoms with Gasteiger partial charge in [0.1, 0.15) is 0 Å². The minimum absolute atomic E-state index is 0. The zero-order valence-corrected chi connectivity index (χ0v) is 8.10. The van der Waals surface area contributed by atoms with Crippen molar-refractivity contribution in [3.8, 4) is 0 Å². The highest BCUT2D eigenvalue weighted by Gasteiger charge is 2.20. The van der Waals surface area contributed by atoms with Gasteiger partial charge in [0.05, 0.1) is 0 Å². The second-order valence-corrected chi connectivity index (χ2v) is 3.71. The van der Waals surface area contributed by atoms with Gasteiger partial charge in [-0.15, -0.1) is 23.7 Å². The predicted molar refractivity (Wildman–Crippen MR) is 51.7 cm³/mol. The molecule has 1 aromatic heterocycles. The molecule has 0 amide bonds. The van der Waals surface area contributed by atoms with Crippen molar-refractivity contribution < 1.29 is 0 Å². The Bertz CT molecular complexity index is 230. The van der Waals surface area contributed by atoms with Crippen LogP contribution in [-0.4, -0.2) is 6.54 Å². The third kappa shape index (κ3) is 1.58. The highest BCUT2D eigenvalue weighted by atomic mass is 35.5. The summed E-state index contributed by atoms with van der Waals surface area (Å²) in [7, 11) is 0. The molecule has 1 aliphatic rings. The summed E-state index contributed by atoms with van der Waals surface area (Å²) >= 11 is 1.87. The van der Waals surface area contributed by atoms with Crippen LogP contribution in [0.5, 0.6) is 0 Å². The summed E-state index contributed by atoms with van der Waals surface area (Å²) in [6.07, 6.45) is 1.32. The molecule has 1 aliphatic heterocycles. The van der Waals surface area contributed by atoms with Crippen molar-refractivity contribution in [3.05, 3.63) is 21.9 Å². The van der Waals surface area contributed by atoms with Gasteiger partial charge in [0.2, 0.25) is 0 Å². The average molecular weight is 190 g/mol. The zero-order valence-electron chi connectivity index (χ0n) is 6.46. The van der Waals surface area contributed by atoms with E-state index in [0.717, 1.165) is 0 Å². The molecule has 1 aromatic rings. The van der Waals surface area contributed by atoms with Crippen LogP contribution in [0.1, 0.15) is 22.9 Å². The molecule has 0 aliphatic carbocycles. The van der Waals surface area contributed by atoms with Crippen molar-refractivity contribution in [2.24, 2.45) is 0 Å². The zero-order chi connectivity index (χ0) is 6.97. The summed E-state index contributed by atoms with van der Waals surface area (Å²) in [4.78, 5) is 1.53. The van der Waals surface area contributed by atoms with Crippen LogP contribution < -0.4 is 5.32 Å². The lowest BCUT2D eigenvalue weighted by atomic mass is 10.0. The summed E-state index contributed by atoms with van der Waals surface area (Å²) < 4.78 is 0. The second-order valence-electron chi connectivity index (χ2n) is 2.76. The summed E-state index contributed by atoms with van der Waals surface area (Å²) in [5, 5.41) is 5.57. The SMILES string of the molecule is Cc1ccsc1[C@@H]1CCN1.Cl. The highest BCUT2D eigenvalue weighted by Crippen LogP contribution is 2.29. The van der Waals surface area contributed by atoms with Crippen LogP contribution in [0, 0.1) is 6.92 Å². The molecule has 3 heteroatoms. The fourth-order valence-corrected chi connectivity index (χ4v) is 2.29. The third-order valence-corrected chi connectivity index (χ3v) is 3.17. The Morgan fingerprint density at radius 3 is 2.73 bits per heavy atom. The first-order chi connectivity index (χ1) is 4.88. The van der Waals surface area contributed by atoms with Gasteiger partial charge in [-0.25, -0.2) is 0 Å². The Morgan fingerprint density at radius 2 is 2.36 bits per heavy atom. The summed E-state index contributed by atoms with van der Waals surface area (Å²) in [6, 6.07) is 2.88. The van der Waals surface area contributed by atoms with Crippen molar-refractivity contribution >= 4 is 23.7 Å². The van der Waals surface area contributed by atoms with Crippen LogP contribution in [-0.2, 0) is 0 Å². The second kappa shape index (κ2) is 3.57. The molecule has 11 heavy (non-hydrogen) atoms. The van der Waals surface area contributed by atoms with E-state index in [0.29, 0.717) is 6.04 Å². The maximum Gasteiger partial charge on any atom is 0.0429 e. The monoisotopic (exact) mass is 189 g/mol. The molecule has 1 nitrogen and oxygen atoms in total. The molecule has 0 saturated carbocycles. The number of thiophene rings is 1. The molecule has 0 aromatic carbocycles. The lowest BCUT2D eigenvalue weighted by molar-refractivity contribution is 0.388. The predicted octanol–water partition coefficient (Wildman–Crippen LogP) is 2.51. The third-order valence-electron chi connectivity index (χ3n) is 2.04. The van der Waals surface area contributed by atoms with Crippen molar-refractivity contribution in [2.45, 2.75) is 19.4 Å². The van der Waals surface area contributed by atoms with Gasteiger partial charge >= 0.3 is 0 Å². The van der Waals surface area contributed by atoms with Crippen LogP contribution in [0.15, 0.2) is 11.4 Å². The van der Waals surface area contributed by atoms with E-state index in [2.05, 4.69) is 23.7 Å². The first-order valence-electron chi connectivity index (χ1n) is 3.65. The van der Waals surface area contributed by atoms with E-state index in [1.54, 1.807) is 0 Å². The van der Waals surface area contributed by atoms with Crippen LogP contribution >= 0.6 is 23.7 Å². The fourth-order valence-electron chi connectivity index (χ4n) is 1.25. The van der Waals surface area contributed by atoms with Gasteiger partial charge in [0.25, 0.3) is 0 Å². The van der Waals surface area contributed by atoms with Gasteiger partial charge in [-0.2, -0.15) is 0 Å². The molecule has 0 radical (unpaired) electrons. The van der Waals surface area contributed by atoms with Crippen molar-refractivity contribution in [1.82, 2.24) is 5.32 Å². The largest absolute Gasteiger partial charge is 0.309 e. The van der Waals surface area contributed by atoms with Crippen molar-refractivity contribution in [2.75, 3.05) is 6.54 Å². The topological polar surface area (TPSA) is 12.0 Å². The molecule has 1 saturated heterocycles. The maximum absolute atomic E-state index is 3.40. The van der Waals surface area contributed by atoms with E-state index in [-0.39, 0.29) is 12.4 Å². The van der Waals surface area contributed by atoms with Crippen LogP contribution in [0.2, 0.25) is 0 Å². The Balaban J connectivity index is 0.000000605. The fraction of sp³-hybridized carbons (Fsp3) is 0.500. The van der Waals surface area contributed by atoms with E-state index in [4.69, 9.17) is 0 Å². The minimum Gasteiger partial charge on any atom is -0.309 e. The normalized spacial score (nSPS) is 22.1. The molecular formula is C8H12ClNS. The molecule has 1 atom stereocenters. The Labute approximate surface area is 77.2 Å². The molecule has 0 spiro atoms. The van der Waals surface area contributed by atoms with Gasteiger partial charge in [-0.3, -0.25) is 0 Å². The van der Waals surface area contributed by atoms with Gasteiger partial charge in [0.15, 0.2) is 0 Å². The number of nitrogens with one attached hydrogen (secondary N) is 1. The van der Waals surface area contributed by atoms with E-state index in [1.807, 2.05) is 11.3 Å². The van der Waals surface area contributed by atoms with Crippen LogP contribution in [0.3, 0.4) is 0 Å². The van der Waals surface area contributed by atoms with Gasteiger partial charge in [-0.1, -0.05) is 0 Å². The molecule has 1 fully saturated rings. The Morgan fingerprint density at radius 1 is 1.64 bits per heavy atom. The first kappa shape index (κ1) is 9.04. The summed E-state index contributed by atoms with van der Waals surface area (Å²) in [5.74, 6) is 0. The number of halogens is 1. The average Bonchev–Trinajstić information content (AvgIpc) is 2.12. The smallest absolute Gasteiger partial charge is 0.0429 e.